The molecule has 4 atom stereocenters. The quantitative estimate of drug-likeness (QED) is 0.630. The molecule has 0 aromatic heterocycles. The van der Waals surface area contributed by atoms with Crippen molar-refractivity contribution in [3.63, 3.8) is 0 Å². The predicted molar refractivity (Wildman–Crippen MR) is 70.7 cm³/mol. The Labute approximate surface area is 105 Å². The predicted octanol–water partition coefficient (Wildman–Crippen LogP) is 3.92. The molecule has 1 N–H and O–H groups in total. The van der Waals surface area contributed by atoms with Crippen LogP contribution >= 0.6 is 0 Å². The second kappa shape index (κ2) is 3.17. The SMILES string of the molecule is CC1=C[C@@H]2C(C)(C)CCC[C@@]3(C)C[C@@]23C[C@H]1O. The molecular formula is C16H26O. The number of hydrogen-bond acceptors (Lipinski definition) is 1. The van der Waals surface area contributed by atoms with Gasteiger partial charge in [-0.05, 0) is 60.3 Å². The van der Waals surface area contributed by atoms with Gasteiger partial charge in [0.2, 0.25) is 0 Å². The van der Waals surface area contributed by atoms with Crippen LogP contribution in [0.4, 0.5) is 0 Å². The number of rotatable bonds is 0. The molecular weight excluding hydrogens is 208 g/mol. The highest BCUT2D eigenvalue weighted by molar-refractivity contribution is 5.29. The van der Waals surface area contributed by atoms with Crippen molar-refractivity contribution in [1.29, 1.82) is 0 Å². The average molecular weight is 234 g/mol. The van der Waals surface area contributed by atoms with Gasteiger partial charge in [0.1, 0.15) is 0 Å². The van der Waals surface area contributed by atoms with Crippen molar-refractivity contribution >= 4 is 0 Å². The van der Waals surface area contributed by atoms with E-state index in [9.17, 15) is 5.11 Å². The van der Waals surface area contributed by atoms with Crippen molar-refractivity contribution in [3.05, 3.63) is 11.6 Å². The molecule has 0 amide bonds. The Hall–Kier alpha value is -0.300. The average Bonchev–Trinajstić information content (AvgIpc) is 2.77. The topological polar surface area (TPSA) is 20.2 Å². The summed E-state index contributed by atoms with van der Waals surface area (Å²) in [5.41, 5.74) is 2.57. The Bertz CT molecular complexity index is 381. The fourth-order valence-corrected chi connectivity index (χ4v) is 5.02. The Balaban J connectivity index is 2.07. The summed E-state index contributed by atoms with van der Waals surface area (Å²) in [4.78, 5) is 0. The van der Waals surface area contributed by atoms with Crippen molar-refractivity contribution in [3.8, 4) is 0 Å². The van der Waals surface area contributed by atoms with Crippen LogP contribution in [0.3, 0.4) is 0 Å². The van der Waals surface area contributed by atoms with Crippen LogP contribution in [0.2, 0.25) is 0 Å². The van der Waals surface area contributed by atoms with E-state index < -0.39 is 0 Å². The number of allylic oxidation sites excluding steroid dienone is 1. The number of hydrogen-bond donors (Lipinski definition) is 1. The maximum Gasteiger partial charge on any atom is 0.0753 e. The summed E-state index contributed by atoms with van der Waals surface area (Å²) in [7, 11) is 0. The molecule has 1 heteroatoms. The van der Waals surface area contributed by atoms with Gasteiger partial charge in [0, 0.05) is 0 Å². The van der Waals surface area contributed by atoms with Crippen molar-refractivity contribution in [2.24, 2.45) is 22.2 Å². The maximum absolute atomic E-state index is 10.2. The Kier molecular flexibility index (Phi) is 2.20. The molecule has 3 aliphatic rings. The highest BCUT2D eigenvalue weighted by Crippen LogP contribution is 2.77. The van der Waals surface area contributed by atoms with E-state index in [0.29, 0.717) is 22.2 Å². The second-order valence-electron chi connectivity index (χ2n) is 7.84. The molecule has 3 rings (SSSR count). The van der Waals surface area contributed by atoms with Crippen molar-refractivity contribution in [1.82, 2.24) is 0 Å². The van der Waals surface area contributed by atoms with Crippen LogP contribution in [0, 0.1) is 22.2 Å². The third kappa shape index (κ3) is 1.41. The molecule has 0 saturated heterocycles. The Morgan fingerprint density at radius 3 is 2.65 bits per heavy atom. The Morgan fingerprint density at radius 2 is 1.94 bits per heavy atom. The lowest BCUT2D eigenvalue weighted by Gasteiger charge is -2.43. The highest BCUT2D eigenvalue weighted by Gasteiger charge is 2.70. The van der Waals surface area contributed by atoms with Crippen LogP contribution < -0.4 is 0 Å². The molecule has 0 bridgehead atoms. The fourth-order valence-electron chi connectivity index (χ4n) is 5.02. The van der Waals surface area contributed by atoms with E-state index >= 15 is 0 Å². The van der Waals surface area contributed by atoms with Crippen LogP contribution in [0.5, 0.6) is 0 Å². The lowest BCUT2D eigenvalue weighted by Crippen LogP contribution is -2.38. The number of aliphatic hydroxyl groups is 1. The largest absolute Gasteiger partial charge is 0.389 e. The van der Waals surface area contributed by atoms with Gasteiger partial charge in [0.05, 0.1) is 6.10 Å². The molecule has 1 spiro atoms. The van der Waals surface area contributed by atoms with Crippen molar-refractivity contribution in [2.45, 2.75) is 65.9 Å². The molecule has 2 fully saturated rings. The van der Waals surface area contributed by atoms with Crippen LogP contribution in [0.1, 0.15) is 59.8 Å². The number of aliphatic hydroxyl groups excluding tert-OH is 1. The van der Waals surface area contributed by atoms with E-state index in [4.69, 9.17) is 0 Å². The van der Waals surface area contributed by atoms with E-state index in [1.165, 1.54) is 31.3 Å². The zero-order valence-corrected chi connectivity index (χ0v) is 11.7. The lowest BCUT2D eigenvalue weighted by molar-refractivity contribution is 0.0684. The van der Waals surface area contributed by atoms with E-state index in [-0.39, 0.29) is 6.10 Å². The van der Waals surface area contributed by atoms with Crippen LogP contribution in [0.15, 0.2) is 11.6 Å². The standard InChI is InChI=1S/C16H26O/c1-11-8-13-14(2,3)6-5-7-15(4)10-16(13,15)9-12(11)17/h8,12-13,17H,5-7,9-10H2,1-4H3/t12-,13-,15+,16+/m1/s1. The summed E-state index contributed by atoms with van der Waals surface area (Å²) in [6.45, 7) is 9.44. The molecule has 0 aromatic rings. The first-order valence-corrected chi connectivity index (χ1v) is 7.17. The molecule has 0 heterocycles. The highest BCUT2D eigenvalue weighted by atomic mass is 16.3. The maximum atomic E-state index is 10.2. The second-order valence-corrected chi connectivity index (χ2v) is 7.84. The van der Waals surface area contributed by atoms with E-state index in [1.54, 1.807) is 0 Å². The summed E-state index contributed by atoms with van der Waals surface area (Å²) in [6.07, 6.45) is 8.67. The lowest BCUT2D eigenvalue weighted by atomic mass is 9.62. The molecule has 0 radical (unpaired) electrons. The van der Waals surface area contributed by atoms with Gasteiger partial charge in [-0.25, -0.2) is 0 Å². The first-order valence-electron chi connectivity index (χ1n) is 7.17. The van der Waals surface area contributed by atoms with Gasteiger partial charge < -0.3 is 5.11 Å². The van der Waals surface area contributed by atoms with Crippen LogP contribution in [0.25, 0.3) is 0 Å². The zero-order valence-electron chi connectivity index (χ0n) is 11.7. The monoisotopic (exact) mass is 234 g/mol. The van der Waals surface area contributed by atoms with Crippen LogP contribution in [-0.4, -0.2) is 11.2 Å². The Morgan fingerprint density at radius 1 is 1.24 bits per heavy atom. The third-order valence-corrected chi connectivity index (χ3v) is 6.28. The van der Waals surface area contributed by atoms with Gasteiger partial charge in [-0.2, -0.15) is 0 Å². The molecule has 17 heavy (non-hydrogen) atoms. The summed E-state index contributed by atoms with van der Waals surface area (Å²) in [6, 6.07) is 0. The minimum atomic E-state index is -0.179. The first-order chi connectivity index (χ1) is 7.81. The molecule has 0 unspecified atom stereocenters. The molecule has 1 nitrogen and oxygen atoms in total. The van der Waals surface area contributed by atoms with Gasteiger partial charge in [0.25, 0.3) is 0 Å². The zero-order chi connectivity index (χ0) is 12.5. The summed E-state index contributed by atoms with van der Waals surface area (Å²) >= 11 is 0. The van der Waals surface area contributed by atoms with E-state index in [2.05, 4.69) is 33.8 Å². The smallest absolute Gasteiger partial charge is 0.0753 e. The first kappa shape index (κ1) is 11.8. The molecule has 96 valence electrons. The summed E-state index contributed by atoms with van der Waals surface area (Å²) in [5.74, 6) is 0.686. The minimum absolute atomic E-state index is 0.179. The molecule has 0 aliphatic heterocycles. The van der Waals surface area contributed by atoms with Crippen molar-refractivity contribution < 1.29 is 5.11 Å². The minimum Gasteiger partial charge on any atom is -0.389 e. The fraction of sp³-hybridized carbons (Fsp3) is 0.875. The molecule has 3 aliphatic carbocycles. The van der Waals surface area contributed by atoms with E-state index in [0.717, 1.165) is 6.42 Å². The van der Waals surface area contributed by atoms with Gasteiger partial charge in [-0.15, -0.1) is 0 Å². The van der Waals surface area contributed by atoms with Crippen LogP contribution in [-0.2, 0) is 0 Å². The van der Waals surface area contributed by atoms with Gasteiger partial charge in [0.15, 0.2) is 0 Å². The van der Waals surface area contributed by atoms with Gasteiger partial charge in [-0.1, -0.05) is 33.3 Å². The summed E-state index contributed by atoms with van der Waals surface area (Å²) in [5, 5.41) is 10.2. The van der Waals surface area contributed by atoms with E-state index in [1.807, 2.05) is 0 Å². The molecule has 0 aromatic carbocycles. The van der Waals surface area contributed by atoms with Gasteiger partial charge >= 0.3 is 0 Å². The molecule has 2 saturated carbocycles. The van der Waals surface area contributed by atoms with Gasteiger partial charge in [-0.3, -0.25) is 0 Å². The van der Waals surface area contributed by atoms with Crippen molar-refractivity contribution in [2.75, 3.05) is 0 Å². The third-order valence-electron chi connectivity index (χ3n) is 6.28. The normalized spacial score (nSPS) is 51.9. The summed E-state index contributed by atoms with van der Waals surface area (Å²) < 4.78 is 0.